The molecule has 1 aliphatic rings. The summed E-state index contributed by atoms with van der Waals surface area (Å²) >= 11 is 3.99. The number of halogens is 1. The Hall–Kier alpha value is -0.390. The Kier molecular flexibility index (Phi) is 3.73. The van der Waals surface area contributed by atoms with Crippen LogP contribution in [0.25, 0.3) is 0 Å². The maximum atomic E-state index is 10.2. The van der Waals surface area contributed by atoms with E-state index in [-0.39, 0.29) is 6.10 Å². The molecule has 3 rings (SSSR count). The van der Waals surface area contributed by atoms with Crippen molar-refractivity contribution in [2.75, 3.05) is 0 Å². The molecule has 1 aromatic heterocycles. The van der Waals surface area contributed by atoms with Crippen molar-refractivity contribution in [3.63, 3.8) is 0 Å². The Morgan fingerprint density at radius 1 is 1.22 bits per heavy atom. The first kappa shape index (κ1) is 12.6. The second-order valence-electron chi connectivity index (χ2n) is 4.86. The number of aliphatic hydroxyl groups is 1. The maximum absolute atomic E-state index is 10.2. The SMILES string of the molecule is OC(Cc1ccc2c(c1)CCC2)c1csc(I)c1. The van der Waals surface area contributed by atoms with Crippen LogP contribution in [-0.2, 0) is 19.3 Å². The molecular weight excluding hydrogens is 355 g/mol. The molecule has 0 radical (unpaired) electrons. The van der Waals surface area contributed by atoms with E-state index in [1.165, 1.54) is 38.8 Å². The molecule has 1 aliphatic carbocycles. The van der Waals surface area contributed by atoms with Gasteiger partial charge >= 0.3 is 0 Å². The lowest BCUT2D eigenvalue weighted by Gasteiger charge is -2.10. The minimum absolute atomic E-state index is 0.371. The Balaban J connectivity index is 1.76. The van der Waals surface area contributed by atoms with Crippen molar-refractivity contribution in [2.45, 2.75) is 31.8 Å². The summed E-state index contributed by atoms with van der Waals surface area (Å²) < 4.78 is 1.23. The first-order valence-electron chi connectivity index (χ1n) is 6.25. The van der Waals surface area contributed by atoms with Gasteiger partial charge in [0.25, 0.3) is 0 Å². The molecular formula is C15H15IOS. The highest BCUT2D eigenvalue weighted by Gasteiger charge is 2.14. The van der Waals surface area contributed by atoms with Crippen molar-refractivity contribution >= 4 is 33.9 Å². The fourth-order valence-electron chi connectivity index (χ4n) is 2.59. The Morgan fingerprint density at radius 3 is 2.83 bits per heavy atom. The van der Waals surface area contributed by atoms with Crippen molar-refractivity contribution in [2.24, 2.45) is 0 Å². The summed E-state index contributed by atoms with van der Waals surface area (Å²) in [4.78, 5) is 0. The van der Waals surface area contributed by atoms with Crippen LogP contribution in [0.3, 0.4) is 0 Å². The fraction of sp³-hybridized carbons (Fsp3) is 0.333. The van der Waals surface area contributed by atoms with Gasteiger partial charge in [0.15, 0.2) is 0 Å². The third-order valence-electron chi connectivity index (χ3n) is 3.56. The molecule has 0 saturated carbocycles. The van der Waals surface area contributed by atoms with E-state index in [2.05, 4.69) is 52.2 Å². The van der Waals surface area contributed by atoms with E-state index >= 15 is 0 Å². The van der Waals surface area contributed by atoms with Crippen LogP contribution >= 0.6 is 33.9 Å². The summed E-state index contributed by atoms with van der Waals surface area (Å²) in [5.41, 5.74) is 5.28. The second-order valence-corrected chi connectivity index (χ2v) is 7.67. The molecule has 2 aromatic rings. The summed E-state index contributed by atoms with van der Waals surface area (Å²) in [6, 6.07) is 8.76. The first-order chi connectivity index (χ1) is 8.72. The smallest absolute Gasteiger partial charge is 0.0838 e. The molecule has 0 aliphatic heterocycles. The average Bonchev–Trinajstić information content (AvgIpc) is 2.96. The van der Waals surface area contributed by atoms with Crippen LogP contribution in [0, 0.1) is 2.88 Å². The minimum Gasteiger partial charge on any atom is -0.388 e. The Morgan fingerprint density at radius 2 is 2.06 bits per heavy atom. The summed E-state index contributed by atoms with van der Waals surface area (Å²) in [5, 5.41) is 12.3. The van der Waals surface area contributed by atoms with E-state index in [4.69, 9.17) is 0 Å². The largest absolute Gasteiger partial charge is 0.388 e. The van der Waals surface area contributed by atoms with Crippen LogP contribution in [0.4, 0.5) is 0 Å². The summed E-state index contributed by atoms with van der Waals surface area (Å²) in [6.07, 6.45) is 4.06. The van der Waals surface area contributed by atoms with E-state index in [9.17, 15) is 5.11 Å². The van der Waals surface area contributed by atoms with Gasteiger partial charge in [-0.15, -0.1) is 11.3 Å². The van der Waals surface area contributed by atoms with Crippen LogP contribution in [0.1, 0.15) is 34.8 Å². The molecule has 1 N–H and O–H groups in total. The van der Waals surface area contributed by atoms with Gasteiger partial charge in [-0.25, -0.2) is 0 Å². The Bertz CT molecular complexity index is 561. The number of hydrogen-bond acceptors (Lipinski definition) is 2. The molecule has 0 amide bonds. The molecule has 1 unspecified atom stereocenters. The Labute approximate surface area is 125 Å². The van der Waals surface area contributed by atoms with Crippen LogP contribution in [0.5, 0.6) is 0 Å². The number of aryl methyl sites for hydroxylation is 2. The molecule has 1 atom stereocenters. The van der Waals surface area contributed by atoms with Crippen molar-refractivity contribution < 1.29 is 5.11 Å². The summed E-state index contributed by atoms with van der Waals surface area (Å²) in [7, 11) is 0. The van der Waals surface area contributed by atoms with Crippen molar-refractivity contribution in [3.05, 3.63) is 54.8 Å². The number of aliphatic hydroxyl groups excluding tert-OH is 1. The van der Waals surface area contributed by atoms with E-state index in [0.29, 0.717) is 0 Å². The maximum Gasteiger partial charge on any atom is 0.0838 e. The minimum atomic E-state index is -0.371. The topological polar surface area (TPSA) is 20.2 Å². The third-order valence-corrected chi connectivity index (χ3v) is 5.37. The molecule has 94 valence electrons. The van der Waals surface area contributed by atoms with Gasteiger partial charge < -0.3 is 5.11 Å². The fourth-order valence-corrected chi connectivity index (χ4v) is 4.01. The van der Waals surface area contributed by atoms with E-state index < -0.39 is 0 Å². The molecule has 3 heteroatoms. The highest BCUT2D eigenvalue weighted by Crippen LogP contribution is 2.27. The van der Waals surface area contributed by atoms with Crippen molar-refractivity contribution in [1.82, 2.24) is 0 Å². The van der Waals surface area contributed by atoms with Crippen LogP contribution in [0.15, 0.2) is 29.6 Å². The number of hydrogen-bond donors (Lipinski definition) is 1. The van der Waals surface area contributed by atoms with Crippen molar-refractivity contribution in [1.29, 1.82) is 0 Å². The first-order valence-corrected chi connectivity index (χ1v) is 8.21. The quantitative estimate of drug-likeness (QED) is 0.806. The lowest BCUT2D eigenvalue weighted by atomic mass is 10.00. The molecule has 1 heterocycles. The number of thiophene rings is 1. The highest BCUT2D eigenvalue weighted by atomic mass is 127. The second kappa shape index (κ2) is 5.31. The van der Waals surface area contributed by atoms with E-state index in [1.54, 1.807) is 11.3 Å². The molecule has 0 fully saturated rings. The standard InChI is InChI=1S/C15H15IOS/c16-15-8-13(9-18-15)14(17)7-10-4-5-11-2-1-3-12(11)6-10/h4-6,8-9,14,17H,1-3,7H2. The van der Waals surface area contributed by atoms with Crippen LogP contribution in [0.2, 0.25) is 0 Å². The lowest BCUT2D eigenvalue weighted by molar-refractivity contribution is 0.179. The van der Waals surface area contributed by atoms with Gasteiger partial charge in [0, 0.05) is 6.42 Å². The highest BCUT2D eigenvalue weighted by molar-refractivity contribution is 14.1. The number of benzene rings is 1. The molecule has 0 bridgehead atoms. The summed E-state index contributed by atoms with van der Waals surface area (Å²) in [5.74, 6) is 0. The van der Waals surface area contributed by atoms with Crippen molar-refractivity contribution in [3.8, 4) is 0 Å². The van der Waals surface area contributed by atoms with Gasteiger partial charge in [-0.05, 0) is 75.6 Å². The van der Waals surface area contributed by atoms with Gasteiger partial charge in [0.2, 0.25) is 0 Å². The van der Waals surface area contributed by atoms with Gasteiger partial charge in [0.05, 0.1) is 8.99 Å². The molecule has 0 spiro atoms. The summed E-state index contributed by atoms with van der Waals surface area (Å²) in [6.45, 7) is 0. The predicted octanol–water partition coefficient (Wildman–Crippen LogP) is 4.12. The van der Waals surface area contributed by atoms with E-state index in [1.807, 2.05) is 0 Å². The number of fused-ring (bicyclic) bond motifs is 1. The zero-order valence-corrected chi connectivity index (χ0v) is 13.0. The zero-order chi connectivity index (χ0) is 12.5. The van der Waals surface area contributed by atoms with Crippen LogP contribution in [-0.4, -0.2) is 5.11 Å². The third kappa shape index (κ3) is 2.63. The lowest BCUT2D eigenvalue weighted by Crippen LogP contribution is -2.01. The average molecular weight is 370 g/mol. The normalized spacial score (nSPS) is 15.7. The van der Waals surface area contributed by atoms with Gasteiger partial charge in [-0.1, -0.05) is 18.2 Å². The molecule has 1 aromatic carbocycles. The molecule has 0 saturated heterocycles. The van der Waals surface area contributed by atoms with E-state index in [0.717, 1.165) is 12.0 Å². The molecule has 1 nitrogen and oxygen atoms in total. The predicted molar refractivity (Wildman–Crippen MR) is 84.2 cm³/mol. The number of rotatable bonds is 3. The zero-order valence-electron chi connectivity index (χ0n) is 10.0. The van der Waals surface area contributed by atoms with Crippen LogP contribution < -0.4 is 0 Å². The molecule has 18 heavy (non-hydrogen) atoms. The monoisotopic (exact) mass is 370 g/mol. The van der Waals surface area contributed by atoms with Gasteiger partial charge in [-0.2, -0.15) is 0 Å². The van der Waals surface area contributed by atoms with Gasteiger partial charge in [-0.3, -0.25) is 0 Å². The van der Waals surface area contributed by atoms with Gasteiger partial charge in [0.1, 0.15) is 0 Å².